The number of rotatable bonds is 3. The van der Waals surface area contributed by atoms with E-state index in [-0.39, 0.29) is 5.79 Å². The molecule has 2 aliphatic rings. The summed E-state index contributed by atoms with van der Waals surface area (Å²) in [6.45, 7) is 3.84. The quantitative estimate of drug-likeness (QED) is 0.904. The van der Waals surface area contributed by atoms with E-state index in [0.29, 0.717) is 12.1 Å². The lowest BCUT2D eigenvalue weighted by Gasteiger charge is -2.35. The van der Waals surface area contributed by atoms with Crippen LogP contribution in [0.25, 0.3) is 0 Å². The van der Waals surface area contributed by atoms with Crippen LogP contribution >= 0.6 is 0 Å². The number of hydrogen-bond acceptors (Lipinski definition) is 2. The monoisotopic (exact) mass is 262 g/mol. The fourth-order valence-corrected chi connectivity index (χ4v) is 3.33. The Morgan fingerprint density at radius 1 is 1.11 bits per heavy atom. The summed E-state index contributed by atoms with van der Waals surface area (Å²) >= 11 is 0. The summed E-state index contributed by atoms with van der Waals surface area (Å²) in [6.07, 6.45) is 4.49. The van der Waals surface area contributed by atoms with Gasteiger partial charge in [-0.15, -0.1) is 0 Å². The molecule has 3 rings (SSSR count). The first kappa shape index (κ1) is 13.1. The van der Waals surface area contributed by atoms with Crippen molar-refractivity contribution in [1.29, 1.82) is 0 Å². The highest BCUT2D eigenvalue weighted by Gasteiger charge is 2.41. The maximum atomic E-state index is 5.78. The highest BCUT2D eigenvalue weighted by molar-refractivity contribution is 5.16. The predicted molar refractivity (Wildman–Crippen MR) is 73.7 cm³/mol. The van der Waals surface area contributed by atoms with Gasteiger partial charge in [0.1, 0.15) is 6.04 Å². The molecule has 1 aromatic rings. The van der Waals surface area contributed by atoms with E-state index in [1.165, 1.54) is 18.4 Å². The van der Waals surface area contributed by atoms with Crippen molar-refractivity contribution in [3.63, 3.8) is 0 Å². The van der Waals surface area contributed by atoms with Gasteiger partial charge < -0.3 is 14.8 Å². The maximum Gasteiger partial charge on any atom is 0.168 e. The molecule has 2 N–H and O–H groups in total. The highest BCUT2D eigenvalue weighted by Crippen LogP contribution is 2.34. The van der Waals surface area contributed by atoms with Crippen molar-refractivity contribution in [2.75, 3.05) is 13.2 Å². The second-order valence-electron chi connectivity index (χ2n) is 5.84. The molecule has 3 nitrogen and oxygen atoms in total. The molecule has 0 unspecified atom stereocenters. The number of hydrogen-bond donors (Lipinski definition) is 1. The van der Waals surface area contributed by atoms with Gasteiger partial charge in [-0.25, -0.2) is 0 Å². The van der Waals surface area contributed by atoms with Crippen LogP contribution in [0.4, 0.5) is 0 Å². The van der Waals surface area contributed by atoms with Gasteiger partial charge in [-0.1, -0.05) is 30.3 Å². The van der Waals surface area contributed by atoms with E-state index in [9.17, 15) is 0 Å². The van der Waals surface area contributed by atoms with Crippen molar-refractivity contribution in [3.8, 4) is 0 Å². The molecular weight excluding hydrogens is 238 g/mol. The van der Waals surface area contributed by atoms with Crippen LogP contribution in [-0.4, -0.2) is 25.0 Å². The largest absolute Gasteiger partial charge is 0.348 e. The minimum absolute atomic E-state index is 0.222. The third-order valence-electron chi connectivity index (χ3n) is 4.49. The molecule has 0 aromatic heterocycles. The molecule has 3 heteroatoms. The zero-order valence-electron chi connectivity index (χ0n) is 11.7. The van der Waals surface area contributed by atoms with E-state index >= 15 is 0 Å². The van der Waals surface area contributed by atoms with Gasteiger partial charge in [0.15, 0.2) is 5.79 Å². The molecule has 1 aliphatic carbocycles. The molecular formula is C16H24NO2+. The van der Waals surface area contributed by atoms with E-state index in [1.54, 1.807) is 0 Å². The zero-order valence-corrected chi connectivity index (χ0v) is 11.7. The second kappa shape index (κ2) is 5.61. The van der Waals surface area contributed by atoms with Gasteiger partial charge in [0.25, 0.3) is 0 Å². The lowest BCUT2D eigenvalue weighted by atomic mass is 9.89. The topological polar surface area (TPSA) is 35.1 Å². The number of ether oxygens (including phenoxy) is 2. The van der Waals surface area contributed by atoms with E-state index in [1.807, 2.05) is 0 Å². The van der Waals surface area contributed by atoms with Gasteiger partial charge in [0.2, 0.25) is 0 Å². The third-order valence-corrected chi connectivity index (χ3v) is 4.49. The number of benzene rings is 1. The first-order valence-corrected chi connectivity index (χ1v) is 7.45. The molecule has 19 heavy (non-hydrogen) atoms. The Morgan fingerprint density at radius 3 is 2.37 bits per heavy atom. The van der Waals surface area contributed by atoms with Gasteiger partial charge in [0, 0.05) is 31.2 Å². The van der Waals surface area contributed by atoms with E-state index < -0.39 is 0 Å². The van der Waals surface area contributed by atoms with Gasteiger partial charge in [-0.2, -0.15) is 0 Å². The Labute approximate surface area is 115 Å². The Morgan fingerprint density at radius 2 is 1.74 bits per heavy atom. The molecule has 1 heterocycles. The van der Waals surface area contributed by atoms with Crippen molar-refractivity contribution < 1.29 is 14.8 Å². The number of nitrogens with two attached hydrogens (primary N) is 1. The second-order valence-corrected chi connectivity index (χ2v) is 5.84. The molecule has 104 valence electrons. The van der Waals surface area contributed by atoms with Gasteiger partial charge in [-0.05, 0) is 6.92 Å². The van der Waals surface area contributed by atoms with Crippen molar-refractivity contribution in [1.82, 2.24) is 0 Å². The molecule has 0 amide bonds. The Hall–Kier alpha value is -0.900. The van der Waals surface area contributed by atoms with E-state index in [0.717, 1.165) is 26.1 Å². The first-order chi connectivity index (χ1) is 9.27. The Kier molecular flexibility index (Phi) is 3.87. The van der Waals surface area contributed by atoms with Crippen LogP contribution in [0.3, 0.4) is 0 Å². The van der Waals surface area contributed by atoms with Crippen LogP contribution in [0.2, 0.25) is 0 Å². The number of quaternary nitrogens is 1. The van der Waals surface area contributed by atoms with Crippen molar-refractivity contribution >= 4 is 0 Å². The normalized spacial score (nSPS) is 24.7. The first-order valence-electron chi connectivity index (χ1n) is 7.45. The SMILES string of the molecule is C[C@H]([NH2+]C1CCC2(CC1)OCCO2)c1ccccc1. The molecule has 1 spiro atoms. The smallest absolute Gasteiger partial charge is 0.168 e. The summed E-state index contributed by atoms with van der Waals surface area (Å²) in [6, 6.07) is 12.0. The maximum absolute atomic E-state index is 5.78. The van der Waals surface area contributed by atoms with Gasteiger partial charge in [0.05, 0.1) is 19.3 Å². The fraction of sp³-hybridized carbons (Fsp3) is 0.625. The van der Waals surface area contributed by atoms with Crippen LogP contribution in [-0.2, 0) is 9.47 Å². The standard InChI is InChI=1S/C16H23NO2/c1-13(14-5-3-2-4-6-14)17-15-7-9-16(10-8-15)18-11-12-19-16/h2-6,13,15,17H,7-12H2,1H3/p+1/t13-/m0/s1. The molecule has 1 aliphatic heterocycles. The Bertz CT molecular complexity index is 390. The molecule has 2 fully saturated rings. The predicted octanol–water partition coefficient (Wildman–Crippen LogP) is 2.00. The third kappa shape index (κ3) is 2.99. The van der Waals surface area contributed by atoms with Gasteiger partial charge >= 0.3 is 0 Å². The molecule has 1 aromatic carbocycles. The highest BCUT2D eigenvalue weighted by atomic mass is 16.7. The van der Waals surface area contributed by atoms with Crippen LogP contribution in [0, 0.1) is 0 Å². The lowest BCUT2D eigenvalue weighted by Crippen LogP contribution is -2.90. The van der Waals surface area contributed by atoms with Crippen molar-refractivity contribution in [3.05, 3.63) is 35.9 Å². The van der Waals surface area contributed by atoms with Gasteiger partial charge in [-0.3, -0.25) is 0 Å². The Balaban J connectivity index is 1.52. The molecule has 0 bridgehead atoms. The molecule has 0 radical (unpaired) electrons. The fourth-order valence-electron chi connectivity index (χ4n) is 3.33. The summed E-state index contributed by atoms with van der Waals surface area (Å²) in [4.78, 5) is 0. The minimum atomic E-state index is -0.222. The van der Waals surface area contributed by atoms with Crippen LogP contribution in [0.5, 0.6) is 0 Å². The van der Waals surface area contributed by atoms with Crippen LogP contribution < -0.4 is 5.32 Å². The minimum Gasteiger partial charge on any atom is -0.348 e. The molecule has 1 saturated carbocycles. The average molecular weight is 262 g/mol. The van der Waals surface area contributed by atoms with Crippen molar-refractivity contribution in [2.45, 2.75) is 50.5 Å². The van der Waals surface area contributed by atoms with Crippen molar-refractivity contribution in [2.24, 2.45) is 0 Å². The zero-order chi connectivity index (χ0) is 13.1. The summed E-state index contributed by atoms with van der Waals surface area (Å²) < 4.78 is 11.6. The van der Waals surface area contributed by atoms with E-state index in [2.05, 4.69) is 42.6 Å². The average Bonchev–Trinajstić information content (AvgIpc) is 2.91. The summed E-state index contributed by atoms with van der Waals surface area (Å²) in [5.41, 5.74) is 1.41. The summed E-state index contributed by atoms with van der Waals surface area (Å²) in [5, 5.41) is 2.51. The van der Waals surface area contributed by atoms with Crippen LogP contribution in [0.1, 0.15) is 44.2 Å². The van der Waals surface area contributed by atoms with E-state index in [4.69, 9.17) is 9.47 Å². The summed E-state index contributed by atoms with van der Waals surface area (Å²) in [7, 11) is 0. The molecule has 1 saturated heterocycles. The lowest BCUT2D eigenvalue weighted by molar-refractivity contribution is -0.728. The molecule has 1 atom stereocenters. The van der Waals surface area contributed by atoms with Crippen LogP contribution in [0.15, 0.2) is 30.3 Å². The summed E-state index contributed by atoms with van der Waals surface area (Å²) in [5.74, 6) is -0.222.